The van der Waals surface area contributed by atoms with E-state index in [4.69, 9.17) is 5.73 Å². The fourth-order valence-corrected chi connectivity index (χ4v) is 3.53. The van der Waals surface area contributed by atoms with E-state index in [0.717, 1.165) is 15.6 Å². The molecule has 0 saturated heterocycles. The summed E-state index contributed by atoms with van der Waals surface area (Å²) in [5.41, 5.74) is 7.02. The first-order valence-corrected chi connectivity index (χ1v) is 6.84. The van der Waals surface area contributed by atoms with Crippen LogP contribution >= 0.6 is 15.9 Å². The van der Waals surface area contributed by atoms with E-state index in [-0.39, 0.29) is 0 Å². The van der Waals surface area contributed by atoms with Crippen LogP contribution < -0.4 is 5.73 Å². The van der Waals surface area contributed by atoms with E-state index in [1.165, 1.54) is 5.41 Å². The standard InChI is InChI=1S/C10H10BrNO2S/c11-8-1-2-10-9(5-8)7(3-4-12)6-15(10,13)14/h1-2,5-6H,3-4,12H2. The van der Waals surface area contributed by atoms with Gasteiger partial charge < -0.3 is 5.73 Å². The van der Waals surface area contributed by atoms with Crippen molar-refractivity contribution in [3.8, 4) is 0 Å². The molecule has 80 valence electrons. The molecule has 0 bridgehead atoms. The SMILES string of the molecule is NCCC1=CS(=O)(=O)c2ccc(Br)cc21. The second kappa shape index (κ2) is 3.73. The van der Waals surface area contributed by atoms with E-state index in [1.807, 2.05) is 6.07 Å². The summed E-state index contributed by atoms with van der Waals surface area (Å²) in [6, 6.07) is 5.17. The summed E-state index contributed by atoms with van der Waals surface area (Å²) in [4.78, 5) is 0.383. The molecule has 2 N–H and O–H groups in total. The molecule has 1 aromatic rings. The number of benzene rings is 1. The van der Waals surface area contributed by atoms with E-state index >= 15 is 0 Å². The Hall–Kier alpha value is -0.650. The van der Waals surface area contributed by atoms with Gasteiger partial charge in [0, 0.05) is 9.88 Å². The number of nitrogens with two attached hydrogens (primary N) is 1. The van der Waals surface area contributed by atoms with Crippen LogP contribution in [0.15, 0.2) is 33.0 Å². The summed E-state index contributed by atoms with van der Waals surface area (Å²) in [5.74, 6) is 0. The lowest BCUT2D eigenvalue weighted by Gasteiger charge is -2.03. The van der Waals surface area contributed by atoms with Crippen molar-refractivity contribution in [3.63, 3.8) is 0 Å². The predicted octanol–water partition coefficient (Wildman–Crippen LogP) is 1.93. The number of rotatable bonds is 2. The summed E-state index contributed by atoms with van der Waals surface area (Å²) < 4.78 is 24.3. The zero-order valence-corrected chi connectivity index (χ0v) is 10.3. The largest absolute Gasteiger partial charge is 0.330 e. The molecule has 3 nitrogen and oxygen atoms in total. The lowest BCUT2D eigenvalue weighted by Crippen LogP contribution is -1.99. The highest BCUT2D eigenvalue weighted by molar-refractivity contribution is 9.10. The number of halogens is 1. The highest BCUT2D eigenvalue weighted by Crippen LogP contribution is 2.36. The van der Waals surface area contributed by atoms with Gasteiger partial charge in [0.2, 0.25) is 9.84 Å². The van der Waals surface area contributed by atoms with E-state index in [1.54, 1.807) is 12.1 Å². The molecule has 0 radical (unpaired) electrons. The van der Waals surface area contributed by atoms with Crippen LogP contribution in [0, 0.1) is 0 Å². The van der Waals surface area contributed by atoms with Crippen LogP contribution in [0.5, 0.6) is 0 Å². The minimum absolute atomic E-state index is 0.383. The van der Waals surface area contributed by atoms with Gasteiger partial charge in [0.1, 0.15) is 0 Å². The van der Waals surface area contributed by atoms with Crippen molar-refractivity contribution in [1.82, 2.24) is 0 Å². The topological polar surface area (TPSA) is 60.2 Å². The molecule has 0 unspecified atom stereocenters. The first-order chi connectivity index (χ1) is 7.04. The molecule has 1 aromatic carbocycles. The van der Waals surface area contributed by atoms with Gasteiger partial charge in [0.25, 0.3) is 0 Å². The Kier molecular flexibility index (Phi) is 2.70. The fourth-order valence-electron chi connectivity index (χ4n) is 1.66. The number of hydrogen-bond donors (Lipinski definition) is 1. The number of sulfone groups is 1. The Morgan fingerprint density at radius 3 is 2.73 bits per heavy atom. The van der Waals surface area contributed by atoms with E-state index in [0.29, 0.717) is 17.9 Å². The second-order valence-electron chi connectivity index (χ2n) is 3.37. The van der Waals surface area contributed by atoms with Gasteiger partial charge in [-0.05, 0) is 42.3 Å². The van der Waals surface area contributed by atoms with Gasteiger partial charge in [-0.3, -0.25) is 0 Å². The molecule has 1 aliphatic heterocycles. The molecule has 0 fully saturated rings. The van der Waals surface area contributed by atoms with Crippen LogP contribution in [-0.4, -0.2) is 15.0 Å². The van der Waals surface area contributed by atoms with Crippen LogP contribution in [0.2, 0.25) is 0 Å². The third kappa shape index (κ3) is 1.87. The van der Waals surface area contributed by atoms with Crippen LogP contribution in [0.25, 0.3) is 5.57 Å². The van der Waals surface area contributed by atoms with Gasteiger partial charge in [-0.1, -0.05) is 15.9 Å². The van der Waals surface area contributed by atoms with Crippen LogP contribution in [-0.2, 0) is 9.84 Å². The average Bonchev–Trinajstić information content (AvgIpc) is 2.39. The third-order valence-corrected chi connectivity index (χ3v) is 4.36. The zero-order chi connectivity index (χ0) is 11.1. The van der Waals surface area contributed by atoms with Crippen LogP contribution in [0.3, 0.4) is 0 Å². The van der Waals surface area contributed by atoms with Crippen LogP contribution in [0.1, 0.15) is 12.0 Å². The van der Waals surface area contributed by atoms with Gasteiger partial charge in [-0.15, -0.1) is 0 Å². The predicted molar refractivity (Wildman–Crippen MR) is 63.0 cm³/mol. The van der Waals surface area contributed by atoms with E-state index < -0.39 is 9.84 Å². The molecular formula is C10H10BrNO2S. The normalized spacial score (nSPS) is 17.3. The van der Waals surface area contributed by atoms with Crippen molar-refractivity contribution in [1.29, 1.82) is 0 Å². The molecule has 0 saturated carbocycles. The van der Waals surface area contributed by atoms with E-state index in [2.05, 4.69) is 15.9 Å². The second-order valence-corrected chi connectivity index (χ2v) is 6.05. The van der Waals surface area contributed by atoms with Gasteiger partial charge in [-0.2, -0.15) is 0 Å². The lowest BCUT2D eigenvalue weighted by molar-refractivity contribution is 0.605. The summed E-state index contributed by atoms with van der Waals surface area (Å²) in [7, 11) is -3.23. The quantitative estimate of drug-likeness (QED) is 0.904. The third-order valence-electron chi connectivity index (χ3n) is 2.31. The van der Waals surface area contributed by atoms with Crippen molar-refractivity contribution in [3.05, 3.63) is 33.6 Å². The Morgan fingerprint density at radius 2 is 2.07 bits per heavy atom. The maximum absolute atomic E-state index is 11.7. The molecule has 1 heterocycles. The summed E-state index contributed by atoms with van der Waals surface area (Å²) in [6.07, 6.45) is 0.586. The minimum Gasteiger partial charge on any atom is -0.330 e. The Balaban J connectivity index is 2.63. The van der Waals surface area contributed by atoms with Gasteiger partial charge in [0.05, 0.1) is 4.90 Å². The lowest BCUT2D eigenvalue weighted by atomic mass is 10.1. The first-order valence-electron chi connectivity index (χ1n) is 4.50. The van der Waals surface area contributed by atoms with Crippen molar-refractivity contribution in [2.75, 3.05) is 6.54 Å². The molecule has 5 heteroatoms. The Morgan fingerprint density at radius 1 is 1.33 bits per heavy atom. The van der Waals surface area contributed by atoms with E-state index in [9.17, 15) is 8.42 Å². The number of hydrogen-bond acceptors (Lipinski definition) is 3. The van der Waals surface area contributed by atoms with Gasteiger partial charge in [-0.25, -0.2) is 8.42 Å². The maximum atomic E-state index is 11.7. The fraction of sp³-hybridized carbons (Fsp3) is 0.200. The summed E-state index contributed by atoms with van der Waals surface area (Å²) in [5, 5.41) is 1.32. The van der Waals surface area contributed by atoms with Gasteiger partial charge >= 0.3 is 0 Å². The Bertz CT molecular complexity index is 534. The van der Waals surface area contributed by atoms with Crippen LogP contribution in [0.4, 0.5) is 0 Å². The zero-order valence-electron chi connectivity index (χ0n) is 7.90. The number of fused-ring (bicyclic) bond motifs is 1. The van der Waals surface area contributed by atoms with Gasteiger partial charge in [0.15, 0.2) is 0 Å². The molecule has 0 amide bonds. The Labute approximate surface area is 97.0 Å². The minimum atomic E-state index is -3.23. The first kappa shape index (κ1) is 10.9. The molecule has 0 aromatic heterocycles. The van der Waals surface area contributed by atoms with Crippen molar-refractivity contribution >= 4 is 31.3 Å². The average molecular weight is 288 g/mol. The molecule has 0 spiro atoms. The highest BCUT2D eigenvalue weighted by Gasteiger charge is 2.26. The molecule has 0 atom stereocenters. The summed E-state index contributed by atoms with van der Waals surface area (Å²) >= 11 is 3.33. The monoisotopic (exact) mass is 287 g/mol. The van der Waals surface area contributed by atoms with Crippen molar-refractivity contribution in [2.45, 2.75) is 11.3 Å². The van der Waals surface area contributed by atoms with Crippen molar-refractivity contribution in [2.24, 2.45) is 5.73 Å². The maximum Gasteiger partial charge on any atom is 0.200 e. The molecular weight excluding hydrogens is 278 g/mol. The summed E-state index contributed by atoms with van der Waals surface area (Å²) in [6.45, 7) is 0.452. The highest BCUT2D eigenvalue weighted by atomic mass is 79.9. The smallest absolute Gasteiger partial charge is 0.200 e. The molecule has 15 heavy (non-hydrogen) atoms. The molecule has 0 aliphatic carbocycles. The molecule has 1 aliphatic rings. The molecule has 2 rings (SSSR count). The van der Waals surface area contributed by atoms with Crippen molar-refractivity contribution < 1.29 is 8.42 Å².